The third kappa shape index (κ3) is 5.26. The van der Waals surface area contributed by atoms with Crippen LogP contribution in [0.25, 0.3) is 0 Å². The van der Waals surface area contributed by atoms with E-state index in [0.29, 0.717) is 5.69 Å². The summed E-state index contributed by atoms with van der Waals surface area (Å²) in [5.41, 5.74) is 2.84. The number of carbonyl (C=O) groups excluding carboxylic acids is 5. The van der Waals surface area contributed by atoms with Crippen molar-refractivity contribution in [1.82, 2.24) is 10.9 Å². The zero-order valence-electron chi connectivity index (χ0n) is 21.3. The van der Waals surface area contributed by atoms with Crippen molar-refractivity contribution in [3.63, 3.8) is 0 Å². The van der Waals surface area contributed by atoms with Crippen LogP contribution >= 0.6 is 0 Å². The van der Waals surface area contributed by atoms with Crippen molar-refractivity contribution >= 4 is 40.8 Å². The number of ketones is 1. The predicted octanol–water partition coefficient (Wildman–Crippen LogP) is 2.75. The van der Waals surface area contributed by atoms with Crippen LogP contribution in [0.3, 0.4) is 0 Å². The number of esters is 1. The summed E-state index contributed by atoms with van der Waals surface area (Å²) in [5, 5.41) is 2.49. The number of hydrazine groups is 1. The Morgan fingerprint density at radius 3 is 2.00 bits per heavy atom. The molecule has 0 aromatic heterocycles. The molecule has 1 aliphatic heterocycles. The van der Waals surface area contributed by atoms with Crippen LogP contribution in [0.2, 0.25) is 0 Å². The lowest BCUT2D eigenvalue weighted by molar-refractivity contribution is -0.149. The number of hydrogen-bond donors (Lipinski definition) is 3. The number of benzene rings is 3. The summed E-state index contributed by atoms with van der Waals surface area (Å²) in [7, 11) is 0. The Morgan fingerprint density at radius 2 is 1.41 bits per heavy atom. The Bertz CT molecular complexity index is 1440. The van der Waals surface area contributed by atoms with Gasteiger partial charge in [0.1, 0.15) is 5.70 Å². The normalized spacial score (nSPS) is 16.5. The zero-order chi connectivity index (χ0) is 28.0. The molecular formula is C29H26N4O6. The number of Topliss-reactive ketones (excluding diaryl/α,β-unsaturated/α-hetero) is 1. The largest absolute Gasteiger partial charge is 0.464 e. The summed E-state index contributed by atoms with van der Waals surface area (Å²) in [6, 6.07) is 24.6. The zero-order valence-corrected chi connectivity index (χ0v) is 21.3. The van der Waals surface area contributed by atoms with Crippen molar-refractivity contribution in [3.8, 4) is 0 Å². The van der Waals surface area contributed by atoms with Crippen molar-refractivity contribution in [2.45, 2.75) is 19.4 Å². The fraction of sp³-hybridized carbons (Fsp3) is 0.138. The Morgan fingerprint density at radius 1 is 0.846 bits per heavy atom. The standard InChI is InChI=1S/C29H26N4O6/c1-3-39-28(38)29(2)22(24(34)26(36)30-20-15-9-5-10-16-20)23(27(37)33(29)21-17-11-6-12-18-21)31-32-25(35)19-13-7-4-8-14-19/h4-18,31H,3H2,1-2H3,(H,30,36)(H,32,35)/t29-/m0/s1. The minimum Gasteiger partial charge on any atom is -0.464 e. The monoisotopic (exact) mass is 526 g/mol. The van der Waals surface area contributed by atoms with Gasteiger partial charge in [-0.3, -0.25) is 34.9 Å². The van der Waals surface area contributed by atoms with Gasteiger partial charge in [-0.1, -0.05) is 54.6 Å². The van der Waals surface area contributed by atoms with Gasteiger partial charge in [0, 0.05) is 16.9 Å². The number of amides is 3. The molecule has 198 valence electrons. The Balaban J connectivity index is 1.81. The minimum absolute atomic E-state index is 0.0452. The van der Waals surface area contributed by atoms with E-state index >= 15 is 0 Å². The predicted molar refractivity (Wildman–Crippen MR) is 143 cm³/mol. The van der Waals surface area contributed by atoms with Crippen LogP contribution in [0.5, 0.6) is 0 Å². The van der Waals surface area contributed by atoms with E-state index in [1.54, 1.807) is 97.9 Å². The minimum atomic E-state index is -2.04. The molecule has 3 N–H and O–H groups in total. The van der Waals surface area contributed by atoms with Crippen LogP contribution in [-0.2, 0) is 23.9 Å². The van der Waals surface area contributed by atoms with Crippen LogP contribution in [0.1, 0.15) is 24.2 Å². The fourth-order valence-corrected chi connectivity index (χ4v) is 4.25. The van der Waals surface area contributed by atoms with E-state index in [0.717, 1.165) is 4.90 Å². The smallest absolute Gasteiger partial charge is 0.337 e. The summed E-state index contributed by atoms with van der Waals surface area (Å²) in [6.45, 7) is 2.86. The van der Waals surface area contributed by atoms with Gasteiger partial charge in [0.05, 0.1) is 12.2 Å². The summed E-state index contributed by atoms with van der Waals surface area (Å²) < 4.78 is 5.28. The molecule has 3 amide bonds. The van der Waals surface area contributed by atoms with Crippen LogP contribution in [0, 0.1) is 0 Å². The highest BCUT2D eigenvalue weighted by atomic mass is 16.5. The van der Waals surface area contributed by atoms with E-state index in [9.17, 15) is 24.0 Å². The lowest BCUT2D eigenvalue weighted by Gasteiger charge is -2.34. The number of nitrogens with zero attached hydrogens (tertiary/aromatic N) is 1. The first-order chi connectivity index (χ1) is 18.8. The number of carbonyl (C=O) groups is 5. The third-order valence-electron chi connectivity index (χ3n) is 6.09. The number of anilines is 2. The maximum atomic E-state index is 13.8. The van der Waals surface area contributed by atoms with Crippen LogP contribution in [0.4, 0.5) is 11.4 Å². The van der Waals surface area contributed by atoms with Gasteiger partial charge in [-0.2, -0.15) is 0 Å². The van der Waals surface area contributed by atoms with Crippen LogP contribution in [0.15, 0.2) is 102 Å². The molecule has 10 nitrogen and oxygen atoms in total. The molecule has 0 fully saturated rings. The van der Waals surface area contributed by atoms with Crippen molar-refractivity contribution in [2.75, 3.05) is 16.8 Å². The average Bonchev–Trinajstić information content (AvgIpc) is 3.19. The van der Waals surface area contributed by atoms with Crippen molar-refractivity contribution in [2.24, 2.45) is 0 Å². The molecule has 1 heterocycles. The average molecular weight is 527 g/mol. The number of nitrogens with one attached hydrogen (secondary N) is 3. The van der Waals surface area contributed by atoms with Gasteiger partial charge in [0.2, 0.25) is 0 Å². The SMILES string of the molecule is CCOC(=O)[C@]1(C)C(C(=O)C(=O)Nc2ccccc2)=C(NNC(=O)c2ccccc2)C(=O)N1c1ccccc1. The first-order valence-corrected chi connectivity index (χ1v) is 12.1. The second-order valence-electron chi connectivity index (χ2n) is 8.61. The highest BCUT2D eigenvalue weighted by Crippen LogP contribution is 2.40. The summed E-state index contributed by atoms with van der Waals surface area (Å²) in [4.78, 5) is 67.9. The molecule has 0 unspecified atom stereocenters. The van der Waals surface area contributed by atoms with Crippen LogP contribution < -0.4 is 21.1 Å². The number of ether oxygens (including phenoxy) is 1. The molecule has 3 aromatic rings. The van der Waals surface area contributed by atoms with E-state index in [2.05, 4.69) is 16.2 Å². The van der Waals surface area contributed by atoms with Gasteiger partial charge in [-0.15, -0.1) is 0 Å². The fourth-order valence-electron chi connectivity index (χ4n) is 4.25. The lowest BCUT2D eigenvalue weighted by Crippen LogP contribution is -2.55. The van der Waals surface area contributed by atoms with E-state index in [1.165, 1.54) is 6.92 Å². The highest BCUT2D eigenvalue weighted by molar-refractivity contribution is 6.49. The summed E-state index contributed by atoms with van der Waals surface area (Å²) >= 11 is 0. The van der Waals surface area contributed by atoms with Gasteiger partial charge in [-0.25, -0.2) is 4.79 Å². The maximum Gasteiger partial charge on any atom is 0.337 e. The molecule has 3 aromatic carbocycles. The molecule has 0 saturated carbocycles. The van der Waals surface area contributed by atoms with Gasteiger partial charge in [0.15, 0.2) is 5.54 Å². The molecule has 0 radical (unpaired) electrons. The first kappa shape index (κ1) is 26.8. The van der Waals surface area contributed by atoms with E-state index in [1.807, 2.05) is 0 Å². The van der Waals surface area contributed by atoms with E-state index in [4.69, 9.17) is 4.74 Å². The summed E-state index contributed by atoms with van der Waals surface area (Å²) in [6.07, 6.45) is 0. The topological polar surface area (TPSA) is 134 Å². The Labute approximate surface area is 224 Å². The molecule has 0 spiro atoms. The molecule has 0 aliphatic carbocycles. The van der Waals surface area contributed by atoms with Gasteiger partial charge in [-0.05, 0) is 50.2 Å². The molecule has 1 aliphatic rings. The Hall–Kier alpha value is -5.25. The van der Waals surface area contributed by atoms with Gasteiger partial charge >= 0.3 is 5.97 Å². The van der Waals surface area contributed by atoms with Crippen molar-refractivity contribution in [1.29, 1.82) is 0 Å². The van der Waals surface area contributed by atoms with Crippen molar-refractivity contribution in [3.05, 3.63) is 108 Å². The summed E-state index contributed by atoms with van der Waals surface area (Å²) in [5.74, 6) is -4.58. The quantitative estimate of drug-likeness (QED) is 0.222. The highest BCUT2D eigenvalue weighted by Gasteiger charge is 2.58. The van der Waals surface area contributed by atoms with Crippen LogP contribution in [-0.4, -0.2) is 41.6 Å². The second-order valence-corrected chi connectivity index (χ2v) is 8.61. The lowest BCUT2D eigenvalue weighted by atomic mass is 9.88. The maximum absolute atomic E-state index is 13.8. The Kier molecular flexibility index (Phi) is 7.85. The molecule has 0 bridgehead atoms. The molecule has 4 rings (SSSR count). The molecule has 39 heavy (non-hydrogen) atoms. The number of hydrogen-bond acceptors (Lipinski definition) is 7. The first-order valence-electron chi connectivity index (χ1n) is 12.1. The van der Waals surface area contributed by atoms with E-state index in [-0.39, 0.29) is 17.9 Å². The molecular weight excluding hydrogens is 500 g/mol. The second kappa shape index (κ2) is 11.4. The van der Waals surface area contributed by atoms with Gasteiger partial charge < -0.3 is 10.1 Å². The number of para-hydroxylation sites is 2. The third-order valence-corrected chi connectivity index (χ3v) is 6.09. The van der Waals surface area contributed by atoms with Crippen molar-refractivity contribution < 1.29 is 28.7 Å². The van der Waals surface area contributed by atoms with Gasteiger partial charge in [0.25, 0.3) is 23.5 Å². The number of rotatable bonds is 9. The molecule has 0 saturated heterocycles. The van der Waals surface area contributed by atoms with E-state index < -0.39 is 46.3 Å². The molecule has 10 heteroatoms. The molecule has 1 atom stereocenters.